The van der Waals surface area contributed by atoms with Gasteiger partial charge in [-0.25, -0.2) is 17.5 Å². The number of sulfonamides is 1. The van der Waals surface area contributed by atoms with Gasteiger partial charge in [-0.15, -0.1) is 0 Å². The highest BCUT2D eigenvalue weighted by atomic mass is 32.2. The molecule has 0 bridgehead atoms. The largest absolute Gasteiger partial charge is 0.497 e. The maximum Gasteiger partial charge on any atom is 0.337 e. The van der Waals surface area contributed by atoms with Crippen LogP contribution < -0.4 is 15.8 Å². The summed E-state index contributed by atoms with van der Waals surface area (Å²) in [5.41, 5.74) is 7.78. The number of hydrogen-bond donors (Lipinski definition) is 2. The van der Waals surface area contributed by atoms with Gasteiger partial charge in [0.05, 0.1) is 36.1 Å². The fourth-order valence-corrected chi connectivity index (χ4v) is 4.68. The van der Waals surface area contributed by atoms with Gasteiger partial charge in [0.15, 0.2) is 0 Å². The summed E-state index contributed by atoms with van der Waals surface area (Å²) < 4.78 is 37.0. The average molecular weight is 450 g/mol. The molecule has 0 unspecified atom stereocenters. The molecule has 0 radical (unpaired) electrons. The SMILES string of the molecule is COC(=O)c1ccc(NC(=O)CCN(C)S(=O)(=O)c2c(C)cc(OC)cc2C)c(N)c1. The summed E-state index contributed by atoms with van der Waals surface area (Å²) in [5, 5.41) is 2.62. The van der Waals surface area contributed by atoms with Gasteiger partial charge in [-0.1, -0.05) is 0 Å². The van der Waals surface area contributed by atoms with E-state index in [0.717, 1.165) is 4.31 Å². The molecular formula is C21H27N3O6S. The Kier molecular flexibility index (Phi) is 7.64. The van der Waals surface area contributed by atoms with Gasteiger partial charge in [0.25, 0.3) is 0 Å². The summed E-state index contributed by atoms with van der Waals surface area (Å²) in [6.45, 7) is 3.37. The van der Waals surface area contributed by atoms with Crippen LogP contribution in [-0.2, 0) is 19.6 Å². The lowest BCUT2D eigenvalue weighted by molar-refractivity contribution is -0.116. The standard InChI is InChI=1S/C21H27N3O6S/c1-13-10-16(29-4)11-14(2)20(13)31(27,28)24(3)9-8-19(25)23-18-7-6-15(12-17(18)22)21(26)30-5/h6-7,10-12H,8-9,22H2,1-5H3,(H,23,25). The predicted octanol–water partition coefficient (Wildman–Crippen LogP) is 2.33. The summed E-state index contributed by atoms with van der Waals surface area (Å²) in [5.74, 6) is -0.380. The van der Waals surface area contributed by atoms with Crippen LogP contribution in [-0.4, -0.2) is 52.4 Å². The van der Waals surface area contributed by atoms with Crippen molar-refractivity contribution in [3.05, 3.63) is 47.0 Å². The highest BCUT2D eigenvalue weighted by molar-refractivity contribution is 7.89. The highest BCUT2D eigenvalue weighted by Crippen LogP contribution is 2.28. The zero-order valence-electron chi connectivity index (χ0n) is 18.2. The van der Waals surface area contributed by atoms with Crippen molar-refractivity contribution >= 4 is 33.3 Å². The molecule has 0 aliphatic heterocycles. The van der Waals surface area contributed by atoms with Gasteiger partial charge >= 0.3 is 5.97 Å². The Morgan fingerprint density at radius 2 is 1.71 bits per heavy atom. The third-order valence-corrected chi connectivity index (χ3v) is 6.90. The molecular weight excluding hydrogens is 422 g/mol. The third-order valence-electron chi connectivity index (χ3n) is 4.74. The number of esters is 1. The van der Waals surface area contributed by atoms with Gasteiger partial charge in [-0.2, -0.15) is 0 Å². The van der Waals surface area contributed by atoms with Crippen LogP contribution in [0, 0.1) is 13.8 Å². The van der Waals surface area contributed by atoms with Gasteiger partial charge in [-0.05, 0) is 55.3 Å². The molecule has 2 rings (SSSR count). The lowest BCUT2D eigenvalue weighted by Crippen LogP contribution is -2.31. The van der Waals surface area contributed by atoms with Gasteiger partial charge < -0.3 is 20.5 Å². The molecule has 0 saturated heterocycles. The number of nitrogens with two attached hydrogens (primary N) is 1. The molecule has 3 N–H and O–H groups in total. The third kappa shape index (κ3) is 5.53. The smallest absolute Gasteiger partial charge is 0.337 e. The normalized spacial score (nSPS) is 11.3. The van der Waals surface area contributed by atoms with Gasteiger partial charge in [0.1, 0.15) is 5.75 Å². The molecule has 2 aromatic carbocycles. The maximum absolute atomic E-state index is 13.0. The maximum atomic E-state index is 13.0. The zero-order chi connectivity index (χ0) is 23.3. The molecule has 0 aliphatic rings. The minimum absolute atomic E-state index is 0.0285. The number of carbonyl (C=O) groups is 2. The van der Waals surface area contributed by atoms with Crippen LogP contribution >= 0.6 is 0 Å². The summed E-state index contributed by atoms with van der Waals surface area (Å²) >= 11 is 0. The van der Waals surface area contributed by atoms with E-state index in [9.17, 15) is 18.0 Å². The van der Waals surface area contributed by atoms with E-state index in [0.29, 0.717) is 22.6 Å². The number of hydrogen-bond acceptors (Lipinski definition) is 7. The van der Waals surface area contributed by atoms with E-state index >= 15 is 0 Å². The molecule has 0 spiro atoms. The summed E-state index contributed by atoms with van der Waals surface area (Å²) in [6, 6.07) is 7.67. The number of ether oxygens (including phenoxy) is 2. The van der Waals surface area contributed by atoms with Crippen molar-refractivity contribution in [1.82, 2.24) is 4.31 Å². The Morgan fingerprint density at radius 1 is 1.10 bits per heavy atom. The summed E-state index contributed by atoms with van der Waals surface area (Å²) in [4.78, 5) is 24.1. The Bertz CT molecular complexity index is 1080. The Labute approximate surface area is 182 Å². The number of amides is 1. The fraction of sp³-hybridized carbons (Fsp3) is 0.333. The van der Waals surface area contributed by atoms with Gasteiger partial charge in [0, 0.05) is 20.0 Å². The fourth-order valence-electron chi connectivity index (χ4n) is 3.10. The van der Waals surface area contributed by atoms with Crippen molar-refractivity contribution < 1.29 is 27.5 Å². The number of benzene rings is 2. The van der Waals surface area contributed by atoms with E-state index in [2.05, 4.69) is 10.1 Å². The molecule has 0 aliphatic carbocycles. The van der Waals surface area contributed by atoms with Crippen LogP contribution in [0.5, 0.6) is 5.75 Å². The molecule has 31 heavy (non-hydrogen) atoms. The van der Waals surface area contributed by atoms with Crippen molar-refractivity contribution in [3.63, 3.8) is 0 Å². The quantitative estimate of drug-likeness (QED) is 0.467. The van der Waals surface area contributed by atoms with E-state index in [4.69, 9.17) is 10.5 Å². The van der Waals surface area contributed by atoms with Gasteiger partial charge in [0.2, 0.25) is 15.9 Å². The number of carbonyl (C=O) groups excluding carboxylic acids is 2. The van der Waals surface area contributed by atoms with Crippen molar-refractivity contribution in [3.8, 4) is 5.75 Å². The van der Waals surface area contributed by atoms with Crippen LogP contribution in [0.3, 0.4) is 0 Å². The number of nitrogen functional groups attached to an aromatic ring is 1. The lowest BCUT2D eigenvalue weighted by Gasteiger charge is -2.20. The van der Waals surface area contributed by atoms with E-state index in [1.165, 1.54) is 39.5 Å². The van der Waals surface area contributed by atoms with Crippen LogP contribution in [0.4, 0.5) is 11.4 Å². The molecule has 0 saturated carbocycles. The average Bonchev–Trinajstić information content (AvgIpc) is 2.71. The minimum Gasteiger partial charge on any atom is -0.497 e. The van der Waals surface area contributed by atoms with Crippen LogP contribution in [0.15, 0.2) is 35.2 Å². The first kappa shape index (κ1) is 24.2. The molecule has 0 heterocycles. The first-order valence-corrected chi connectivity index (χ1v) is 10.8. The molecule has 9 nitrogen and oxygen atoms in total. The Balaban J connectivity index is 2.08. The summed E-state index contributed by atoms with van der Waals surface area (Å²) in [7, 11) is 0.398. The van der Waals surface area contributed by atoms with Gasteiger partial charge in [-0.3, -0.25) is 4.79 Å². The number of nitrogens with one attached hydrogen (secondary N) is 1. The molecule has 0 aromatic heterocycles. The number of rotatable bonds is 8. The van der Waals surface area contributed by atoms with E-state index in [1.54, 1.807) is 26.0 Å². The second-order valence-electron chi connectivity index (χ2n) is 7.01. The Morgan fingerprint density at radius 3 is 2.23 bits per heavy atom. The van der Waals surface area contributed by atoms with Crippen molar-refractivity contribution in [2.24, 2.45) is 0 Å². The molecule has 168 valence electrons. The molecule has 2 aromatic rings. The highest BCUT2D eigenvalue weighted by Gasteiger charge is 2.26. The van der Waals surface area contributed by atoms with Crippen molar-refractivity contribution in [2.75, 3.05) is 38.9 Å². The van der Waals surface area contributed by atoms with E-state index in [-0.39, 0.29) is 29.1 Å². The van der Waals surface area contributed by atoms with E-state index < -0.39 is 21.9 Å². The topological polar surface area (TPSA) is 128 Å². The van der Waals surface area contributed by atoms with Crippen molar-refractivity contribution in [2.45, 2.75) is 25.2 Å². The molecule has 0 fully saturated rings. The number of anilines is 2. The summed E-state index contributed by atoms with van der Waals surface area (Å²) in [6.07, 6.45) is -0.0812. The zero-order valence-corrected chi connectivity index (χ0v) is 19.0. The lowest BCUT2D eigenvalue weighted by atomic mass is 10.1. The second kappa shape index (κ2) is 9.80. The van der Waals surface area contributed by atoms with E-state index in [1.807, 2.05) is 0 Å². The number of aryl methyl sites for hydroxylation is 2. The first-order chi connectivity index (χ1) is 14.5. The second-order valence-corrected chi connectivity index (χ2v) is 8.99. The molecule has 0 atom stereocenters. The minimum atomic E-state index is -3.80. The number of nitrogens with zero attached hydrogens (tertiary/aromatic N) is 1. The predicted molar refractivity (Wildman–Crippen MR) is 118 cm³/mol. The number of methoxy groups -OCH3 is 2. The van der Waals surface area contributed by atoms with Crippen LogP contribution in [0.25, 0.3) is 0 Å². The molecule has 10 heteroatoms. The first-order valence-electron chi connectivity index (χ1n) is 9.40. The Hall–Kier alpha value is -3.11. The monoisotopic (exact) mass is 449 g/mol. The van der Waals surface area contributed by atoms with Crippen LogP contribution in [0.1, 0.15) is 27.9 Å². The van der Waals surface area contributed by atoms with Crippen LogP contribution in [0.2, 0.25) is 0 Å². The van der Waals surface area contributed by atoms with Crippen molar-refractivity contribution in [1.29, 1.82) is 0 Å². The molecule has 1 amide bonds.